The van der Waals surface area contributed by atoms with Gasteiger partial charge in [0.25, 0.3) is 0 Å². The lowest BCUT2D eigenvalue weighted by Crippen LogP contribution is -2.43. The largest absolute Gasteiger partial charge is 0.496 e. The van der Waals surface area contributed by atoms with Crippen LogP contribution in [-0.4, -0.2) is 111 Å². The van der Waals surface area contributed by atoms with Crippen LogP contribution < -0.4 is 9.47 Å². The minimum atomic E-state index is 0.356. The molecule has 0 spiro atoms. The molecule has 8 heteroatoms. The van der Waals surface area contributed by atoms with E-state index in [1.54, 1.807) is 14.2 Å². The van der Waals surface area contributed by atoms with Gasteiger partial charge in [-0.3, -0.25) is 9.59 Å². The molecule has 54 heavy (non-hydrogen) atoms. The van der Waals surface area contributed by atoms with Gasteiger partial charge in [-0.05, 0) is 114 Å². The average molecular weight is 749 g/mol. The van der Waals surface area contributed by atoms with Crippen molar-refractivity contribution in [3.63, 3.8) is 0 Å². The first-order valence-corrected chi connectivity index (χ1v) is 21.6. The molecule has 0 N–H and O–H groups in total. The number of ether oxygens (including phenoxy) is 2. The number of benzene rings is 2. The first kappa shape index (κ1) is 43.6. The van der Waals surface area contributed by atoms with E-state index < -0.39 is 0 Å². The highest BCUT2D eigenvalue weighted by Crippen LogP contribution is 2.30. The first-order chi connectivity index (χ1) is 26.1. The molecule has 0 bridgehead atoms. The van der Waals surface area contributed by atoms with E-state index in [2.05, 4.69) is 74.1 Å². The quantitative estimate of drug-likeness (QED) is 0.0843. The maximum absolute atomic E-state index is 13.0. The molecule has 2 amide bonds. The van der Waals surface area contributed by atoms with E-state index in [4.69, 9.17) is 9.47 Å². The van der Waals surface area contributed by atoms with Crippen molar-refractivity contribution in [3.8, 4) is 11.5 Å². The van der Waals surface area contributed by atoms with Gasteiger partial charge in [0.2, 0.25) is 11.8 Å². The van der Waals surface area contributed by atoms with Crippen LogP contribution in [0.1, 0.15) is 115 Å². The van der Waals surface area contributed by atoms with Gasteiger partial charge < -0.3 is 28.2 Å². The summed E-state index contributed by atoms with van der Waals surface area (Å²) < 4.78 is 13.2. The van der Waals surface area contributed by atoms with Gasteiger partial charge in [-0.1, -0.05) is 37.1 Å². The zero-order valence-corrected chi connectivity index (χ0v) is 35.2. The van der Waals surface area contributed by atoms with Crippen LogP contribution in [0.2, 0.25) is 0 Å². The Bertz CT molecular complexity index is 1300. The molecule has 2 aromatic rings. The summed E-state index contributed by atoms with van der Waals surface area (Å²) in [4.78, 5) is 30.3. The molecule has 2 fully saturated rings. The van der Waals surface area contributed by atoms with Crippen LogP contribution >= 0.6 is 0 Å². The van der Waals surface area contributed by atoms with Gasteiger partial charge in [-0.2, -0.15) is 0 Å². The van der Waals surface area contributed by atoms with Crippen molar-refractivity contribution in [1.82, 2.24) is 9.80 Å². The molecule has 0 aliphatic carbocycles. The fourth-order valence-corrected chi connectivity index (χ4v) is 8.81. The van der Waals surface area contributed by atoms with Gasteiger partial charge in [-0.15, -0.1) is 0 Å². The van der Waals surface area contributed by atoms with Gasteiger partial charge in [-0.25, -0.2) is 0 Å². The first-order valence-electron chi connectivity index (χ1n) is 21.6. The summed E-state index contributed by atoms with van der Waals surface area (Å²) in [7, 11) is 8.18. The SMILES string of the molecule is CC[N+](C)(CCCCCC(=O)N1CCC(CCC2CCN(C(=O)CCCCC[N+](C)(CC)Cc3ccccc3OC)CC2)CC1)Cc1ccccc1OC. The summed E-state index contributed by atoms with van der Waals surface area (Å²) in [5.74, 6) is 4.14. The lowest BCUT2D eigenvalue weighted by molar-refractivity contribution is -0.921. The maximum atomic E-state index is 13.0. The summed E-state index contributed by atoms with van der Waals surface area (Å²) >= 11 is 0. The van der Waals surface area contributed by atoms with Crippen LogP contribution in [0.5, 0.6) is 11.5 Å². The van der Waals surface area contributed by atoms with Crippen molar-refractivity contribution < 1.29 is 28.0 Å². The van der Waals surface area contributed by atoms with Crippen LogP contribution in [0.15, 0.2) is 48.5 Å². The molecule has 2 heterocycles. The number of methoxy groups -OCH3 is 2. The predicted octanol–water partition coefficient (Wildman–Crippen LogP) is 8.72. The standard InChI is InChI=1S/C46H76N4O4/c1-7-49(3,37-41-19-13-15-21-43(41)53-5)35-17-9-11-23-45(51)47-31-27-39(28-32-47)25-26-40-29-33-48(34-30-40)46(52)24-12-10-18-36-50(4,8-2)38-42-20-14-16-22-44(42)54-6/h13-16,19-22,39-40H,7-12,17-18,23-38H2,1-6H3/q+2. The molecular weight excluding hydrogens is 673 g/mol. The number of carbonyl (C=O) groups excluding carboxylic acids is 2. The molecule has 2 aromatic carbocycles. The Morgan fingerprint density at radius 1 is 0.593 bits per heavy atom. The molecule has 4 rings (SSSR count). The van der Waals surface area contributed by atoms with Gasteiger partial charge in [0.1, 0.15) is 24.6 Å². The molecular formula is C46H76N4O4+2. The second-order valence-electron chi connectivity index (χ2n) is 17.1. The summed E-state index contributed by atoms with van der Waals surface area (Å²) in [5.41, 5.74) is 2.54. The van der Waals surface area contributed by atoms with Gasteiger partial charge >= 0.3 is 0 Å². The number of piperidine rings is 2. The van der Waals surface area contributed by atoms with E-state index >= 15 is 0 Å². The highest BCUT2D eigenvalue weighted by molar-refractivity contribution is 5.76. The molecule has 302 valence electrons. The maximum Gasteiger partial charge on any atom is 0.222 e. The molecule has 0 aromatic heterocycles. The minimum absolute atomic E-state index is 0.356. The summed E-state index contributed by atoms with van der Waals surface area (Å²) in [6, 6.07) is 16.7. The van der Waals surface area contributed by atoms with Crippen molar-refractivity contribution >= 4 is 11.8 Å². The van der Waals surface area contributed by atoms with Crippen LogP contribution in [0, 0.1) is 11.8 Å². The third-order valence-corrected chi connectivity index (χ3v) is 13.1. The van der Waals surface area contributed by atoms with Crippen molar-refractivity contribution in [2.75, 3.05) is 80.7 Å². The number of amides is 2. The van der Waals surface area contributed by atoms with E-state index in [1.807, 2.05) is 12.1 Å². The van der Waals surface area contributed by atoms with Gasteiger partial charge in [0.05, 0.1) is 54.5 Å². The molecule has 2 aliphatic heterocycles. The number of hydrogen-bond donors (Lipinski definition) is 0. The van der Waals surface area contributed by atoms with Gasteiger partial charge in [0, 0.05) is 50.1 Å². The third-order valence-electron chi connectivity index (χ3n) is 13.1. The van der Waals surface area contributed by atoms with Gasteiger partial charge in [0.15, 0.2) is 0 Å². The van der Waals surface area contributed by atoms with Crippen molar-refractivity contribution in [1.29, 1.82) is 0 Å². The van der Waals surface area contributed by atoms with E-state index in [9.17, 15) is 9.59 Å². The smallest absolute Gasteiger partial charge is 0.222 e. The minimum Gasteiger partial charge on any atom is -0.496 e. The van der Waals surface area contributed by atoms with E-state index in [0.717, 1.165) is 162 Å². The van der Waals surface area contributed by atoms with E-state index in [-0.39, 0.29) is 0 Å². The van der Waals surface area contributed by atoms with Crippen LogP contribution in [0.25, 0.3) is 0 Å². The fraction of sp³-hybridized carbons (Fsp3) is 0.696. The Labute approximate surface area is 329 Å². The highest BCUT2D eigenvalue weighted by atomic mass is 16.5. The average Bonchev–Trinajstić information content (AvgIpc) is 3.20. The Hall–Kier alpha value is -3.10. The van der Waals surface area contributed by atoms with Crippen LogP contribution in [0.4, 0.5) is 0 Å². The number of unbranched alkanes of at least 4 members (excludes halogenated alkanes) is 4. The summed E-state index contributed by atoms with van der Waals surface area (Å²) in [6.45, 7) is 14.6. The topological polar surface area (TPSA) is 59.1 Å². The number of rotatable bonds is 23. The zero-order chi connectivity index (χ0) is 38.8. The second-order valence-corrected chi connectivity index (χ2v) is 17.1. The Kier molecular flexibility index (Phi) is 18.1. The van der Waals surface area contributed by atoms with Crippen LogP contribution in [0.3, 0.4) is 0 Å². The monoisotopic (exact) mass is 749 g/mol. The lowest BCUT2D eigenvalue weighted by Gasteiger charge is -2.35. The van der Waals surface area contributed by atoms with Crippen LogP contribution in [-0.2, 0) is 22.7 Å². The lowest BCUT2D eigenvalue weighted by atomic mass is 9.85. The summed E-state index contributed by atoms with van der Waals surface area (Å²) in [5, 5.41) is 0. The van der Waals surface area contributed by atoms with Crippen molar-refractivity contribution in [2.24, 2.45) is 11.8 Å². The molecule has 2 unspecified atom stereocenters. The van der Waals surface area contributed by atoms with Crippen molar-refractivity contribution in [2.45, 2.75) is 117 Å². The summed E-state index contributed by atoms with van der Waals surface area (Å²) in [6.07, 6.45) is 15.0. The molecule has 2 aliphatic rings. The molecule has 0 radical (unpaired) electrons. The third kappa shape index (κ3) is 13.9. The normalized spacial score (nSPS) is 17.9. The van der Waals surface area contributed by atoms with Crippen molar-refractivity contribution in [3.05, 3.63) is 59.7 Å². The number of likely N-dealkylation sites (tertiary alicyclic amines) is 2. The Morgan fingerprint density at radius 3 is 1.31 bits per heavy atom. The number of quaternary nitrogens is 2. The number of nitrogens with zero attached hydrogens (tertiary/aromatic N) is 4. The fourth-order valence-electron chi connectivity index (χ4n) is 8.81. The molecule has 2 atom stereocenters. The predicted molar refractivity (Wildman–Crippen MR) is 221 cm³/mol. The highest BCUT2D eigenvalue weighted by Gasteiger charge is 2.27. The van der Waals surface area contributed by atoms with E-state index in [0.29, 0.717) is 24.7 Å². The molecule has 0 saturated carbocycles. The number of carbonyl (C=O) groups is 2. The number of hydrogen-bond acceptors (Lipinski definition) is 4. The Morgan fingerprint density at radius 2 is 0.963 bits per heavy atom. The zero-order valence-electron chi connectivity index (χ0n) is 35.2. The number of para-hydroxylation sites is 2. The Balaban J connectivity index is 1.02. The van der Waals surface area contributed by atoms with E-state index in [1.165, 1.54) is 24.0 Å². The second kappa shape index (κ2) is 22.5. The molecule has 2 saturated heterocycles. The molecule has 8 nitrogen and oxygen atoms in total.